The fraction of sp³-hybridized carbons (Fsp3) is 0.438. The van der Waals surface area contributed by atoms with Gasteiger partial charge in [0.25, 0.3) is 0 Å². The van der Waals surface area contributed by atoms with Crippen LogP contribution in [-0.4, -0.2) is 46.1 Å². The van der Waals surface area contributed by atoms with Crippen LogP contribution in [0.2, 0.25) is 0 Å². The molecule has 0 atom stereocenters. The van der Waals surface area contributed by atoms with Crippen LogP contribution in [0.25, 0.3) is 0 Å². The number of benzene rings is 2. The zero-order valence-electron chi connectivity index (χ0n) is 25.5. The molecule has 0 aliphatic rings. The highest BCUT2D eigenvalue weighted by atomic mass is 32.2. The molecule has 2 aromatic carbocycles. The first-order valence-electron chi connectivity index (χ1n) is 14.1. The largest absolute Gasteiger partial charge is 0.398 e. The molecular formula is C32H44N6O2S2. The summed E-state index contributed by atoms with van der Waals surface area (Å²) in [5.41, 5.74) is 29.4. The van der Waals surface area contributed by atoms with Crippen molar-refractivity contribution in [3.63, 3.8) is 0 Å². The van der Waals surface area contributed by atoms with Crippen LogP contribution in [0.15, 0.2) is 46.5 Å². The van der Waals surface area contributed by atoms with Gasteiger partial charge in [-0.15, -0.1) is 23.5 Å². The predicted molar refractivity (Wildman–Crippen MR) is 177 cm³/mol. The van der Waals surface area contributed by atoms with Gasteiger partial charge in [0, 0.05) is 58.6 Å². The summed E-state index contributed by atoms with van der Waals surface area (Å²) < 4.78 is 0. The maximum Gasteiger partial charge on any atom is 0.185 e. The number of thioether (sulfide) groups is 2. The highest BCUT2D eigenvalue weighted by Gasteiger charge is 2.23. The summed E-state index contributed by atoms with van der Waals surface area (Å²) >= 11 is 3.08. The number of ketones is 2. The molecule has 0 saturated heterocycles. The van der Waals surface area contributed by atoms with E-state index in [1.807, 2.05) is 24.3 Å². The summed E-state index contributed by atoms with van der Waals surface area (Å²) in [5.74, 6) is 0.923. The minimum atomic E-state index is -0.218. The smallest absolute Gasteiger partial charge is 0.185 e. The first-order chi connectivity index (χ1) is 19.6. The van der Waals surface area contributed by atoms with Gasteiger partial charge < -0.3 is 22.9 Å². The van der Waals surface area contributed by atoms with E-state index in [2.05, 4.69) is 51.5 Å². The molecule has 3 aromatic rings. The Labute approximate surface area is 258 Å². The van der Waals surface area contributed by atoms with Gasteiger partial charge in [-0.1, -0.05) is 53.7 Å². The number of nitrogens with two attached hydrogens (primary N) is 4. The van der Waals surface area contributed by atoms with E-state index in [9.17, 15) is 9.59 Å². The number of carbonyl (C=O) groups is 2. The van der Waals surface area contributed by atoms with Crippen molar-refractivity contribution in [2.45, 2.75) is 75.0 Å². The maximum atomic E-state index is 13.5. The van der Waals surface area contributed by atoms with E-state index >= 15 is 0 Å². The van der Waals surface area contributed by atoms with Crippen molar-refractivity contribution in [2.75, 3.05) is 36.1 Å². The van der Waals surface area contributed by atoms with Crippen LogP contribution >= 0.6 is 23.5 Å². The Morgan fingerprint density at radius 1 is 0.667 bits per heavy atom. The molecule has 0 aliphatic carbocycles. The standard InChI is InChI=1S/C32H44N6O2S2/c1-31(2,3)21-11-19(29(23(35)15-21)41-9-7-33)13-27(39)25-17-26(38-18-37-25)28(40)14-20-12-22(32(4,5)6)16-24(36)30(20)42-10-8-34/h11-12,15-18H,7-10,13-14,33-36H2,1-6H3. The van der Waals surface area contributed by atoms with Gasteiger partial charge in [-0.3, -0.25) is 9.59 Å². The summed E-state index contributed by atoms with van der Waals surface area (Å²) in [7, 11) is 0. The zero-order valence-corrected chi connectivity index (χ0v) is 27.2. The van der Waals surface area contributed by atoms with Gasteiger partial charge in [0.15, 0.2) is 11.6 Å². The molecule has 0 fully saturated rings. The molecule has 1 heterocycles. The first kappa shape index (κ1) is 33.6. The Morgan fingerprint density at radius 2 is 1.05 bits per heavy atom. The average Bonchev–Trinajstić information content (AvgIpc) is 2.91. The lowest BCUT2D eigenvalue weighted by molar-refractivity contribution is 0.0986. The van der Waals surface area contributed by atoms with Crippen LogP contribution < -0.4 is 22.9 Å². The second-order valence-electron chi connectivity index (χ2n) is 12.4. The van der Waals surface area contributed by atoms with E-state index in [1.54, 1.807) is 23.5 Å². The van der Waals surface area contributed by atoms with Crippen molar-refractivity contribution < 1.29 is 9.59 Å². The molecule has 0 amide bonds. The van der Waals surface area contributed by atoms with E-state index in [1.165, 1.54) is 12.4 Å². The molecule has 8 N–H and O–H groups in total. The normalized spacial score (nSPS) is 12.0. The quantitative estimate of drug-likeness (QED) is 0.122. The van der Waals surface area contributed by atoms with E-state index in [0.29, 0.717) is 36.0 Å². The molecule has 10 heteroatoms. The molecule has 0 saturated carbocycles. The zero-order chi connectivity index (χ0) is 31.2. The van der Waals surface area contributed by atoms with Gasteiger partial charge in [0.05, 0.1) is 0 Å². The Hall–Kier alpha value is -2.92. The summed E-state index contributed by atoms with van der Waals surface area (Å²) in [6, 6.07) is 9.49. The van der Waals surface area contributed by atoms with Crippen LogP contribution in [-0.2, 0) is 23.7 Å². The number of carbonyl (C=O) groups excluding carboxylic acids is 2. The lowest BCUT2D eigenvalue weighted by atomic mass is 9.85. The molecule has 1 aromatic heterocycles. The number of nitrogens with zero attached hydrogens (tertiary/aromatic N) is 2. The number of rotatable bonds is 12. The summed E-state index contributed by atoms with van der Waals surface area (Å²) in [6.45, 7) is 13.6. The Bertz CT molecular complexity index is 1340. The van der Waals surface area contributed by atoms with Crippen LogP contribution in [0.3, 0.4) is 0 Å². The minimum absolute atomic E-state index is 0.0930. The van der Waals surface area contributed by atoms with Crippen molar-refractivity contribution in [2.24, 2.45) is 11.5 Å². The Kier molecular flexibility index (Phi) is 11.2. The number of nitrogen functional groups attached to an aromatic ring is 2. The maximum absolute atomic E-state index is 13.5. The number of Topliss-reactive ketones (excluding diaryl/α,β-unsaturated/α-hetero) is 2. The second-order valence-corrected chi connectivity index (χ2v) is 14.6. The van der Waals surface area contributed by atoms with Gasteiger partial charge in [-0.25, -0.2) is 9.97 Å². The van der Waals surface area contributed by atoms with Crippen molar-refractivity contribution >= 4 is 46.5 Å². The fourth-order valence-corrected chi connectivity index (χ4v) is 6.15. The third-order valence-corrected chi connectivity index (χ3v) is 9.24. The van der Waals surface area contributed by atoms with Gasteiger partial charge in [-0.2, -0.15) is 0 Å². The fourth-order valence-electron chi connectivity index (χ4n) is 4.42. The number of hydrogen-bond acceptors (Lipinski definition) is 10. The summed E-state index contributed by atoms with van der Waals surface area (Å²) in [4.78, 5) is 37.2. The van der Waals surface area contributed by atoms with Gasteiger partial charge in [-0.05, 0) is 51.3 Å². The van der Waals surface area contributed by atoms with E-state index in [-0.39, 0.29) is 46.6 Å². The van der Waals surface area contributed by atoms with Gasteiger partial charge in [0.2, 0.25) is 0 Å². The molecule has 0 aliphatic heterocycles. The number of hydrogen-bond donors (Lipinski definition) is 4. The van der Waals surface area contributed by atoms with Crippen LogP contribution in [0.4, 0.5) is 11.4 Å². The Morgan fingerprint density at radius 3 is 1.38 bits per heavy atom. The monoisotopic (exact) mass is 608 g/mol. The first-order valence-corrected chi connectivity index (χ1v) is 16.0. The van der Waals surface area contributed by atoms with Crippen molar-refractivity contribution in [1.29, 1.82) is 0 Å². The molecule has 0 unspecified atom stereocenters. The van der Waals surface area contributed by atoms with Crippen molar-refractivity contribution in [1.82, 2.24) is 9.97 Å². The van der Waals surface area contributed by atoms with Crippen molar-refractivity contribution in [3.8, 4) is 0 Å². The lowest BCUT2D eigenvalue weighted by Crippen LogP contribution is -2.16. The Balaban J connectivity index is 1.93. The second kappa shape index (κ2) is 14.0. The lowest BCUT2D eigenvalue weighted by Gasteiger charge is -2.23. The summed E-state index contributed by atoms with van der Waals surface area (Å²) in [6.07, 6.45) is 1.46. The molecular weight excluding hydrogens is 565 g/mol. The molecule has 3 rings (SSSR count). The predicted octanol–water partition coefficient (Wildman–Crippen LogP) is 5.19. The molecule has 8 nitrogen and oxygen atoms in total. The number of aromatic nitrogens is 2. The van der Waals surface area contributed by atoms with Crippen molar-refractivity contribution in [3.05, 3.63) is 70.3 Å². The van der Waals surface area contributed by atoms with E-state index < -0.39 is 0 Å². The van der Waals surface area contributed by atoms with Crippen LogP contribution in [0, 0.1) is 0 Å². The van der Waals surface area contributed by atoms with Gasteiger partial charge >= 0.3 is 0 Å². The minimum Gasteiger partial charge on any atom is -0.398 e. The highest BCUT2D eigenvalue weighted by Crippen LogP contribution is 2.36. The third-order valence-electron chi connectivity index (χ3n) is 6.79. The molecule has 226 valence electrons. The van der Waals surface area contributed by atoms with E-state index in [0.717, 1.165) is 32.0 Å². The third kappa shape index (κ3) is 8.56. The molecule has 0 radical (unpaired) electrons. The van der Waals surface area contributed by atoms with Crippen LogP contribution in [0.5, 0.6) is 0 Å². The van der Waals surface area contributed by atoms with E-state index in [4.69, 9.17) is 22.9 Å². The molecule has 42 heavy (non-hydrogen) atoms. The molecule has 0 spiro atoms. The van der Waals surface area contributed by atoms with Crippen LogP contribution in [0.1, 0.15) is 84.8 Å². The topological polar surface area (TPSA) is 164 Å². The SMILES string of the molecule is CC(C)(C)c1cc(N)c(SCCN)c(CC(=O)c2cc(C(=O)Cc3cc(C(C)(C)C)cc(N)c3SCCN)ncn2)c1. The summed E-state index contributed by atoms with van der Waals surface area (Å²) in [5, 5.41) is 0. The average molecular weight is 609 g/mol. The van der Waals surface area contributed by atoms with Gasteiger partial charge in [0.1, 0.15) is 17.7 Å². The molecule has 0 bridgehead atoms. The highest BCUT2D eigenvalue weighted by molar-refractivity contribution is 7.99. The number of anilines is 2.